The highest BCUT2D eigenvalue weighted by molar-refractivity contribution is 5.80. The molecule has 0 amide bonds. The molecule has 24 heavy (non-hydrogen) atoms. The Hall–Kier alpha value is -2.90. The van der Waals surface area contributed by atoms with E-state index in [0.717, 1.165) is 13.2 Å². The number of alkyl halides is 3. The van der Waals surface area contributed by atoms with Gasteiger partial charge in [-0.25, -0.2) is 9.37 Å². The van der Waals surface area contributed by atoms with Crippen molar-refractivity contribution in [3.05, 3.63) is 58.1 Å². The highest BCUT2D eigenvalue weighted by Gasteiger charge is 2.36. The summed E-state index contributed by atoms with van der Waals surface area (Å²) in [5, 5.41) is 0.313. The summed E-state index contributed by atoms with van der Waals surface area (Å²) in [6, 6.07) is 8.02. The zero-order valence-corrected chi connectivity index (χ0v) is 12.2. The molecule has 0 aliphatic heterocycles. The molecule has 1 N–H and O–H groups in total. The average molecular weight is 338 g/mol. The van der Waals surface area contributed by atoms with Crippen LogP contribution in [0.3, 0.4) is 0 Å². The molecule has 0 saturated carbocycles. The van der Waals surface area contributed by atoms with Crippen molar-refractivity contribution in [3.8, 4) is 17.1 Å². The van der Waals surface area contributed by atoms with Gasteiger partial charge in [0.05, 0.1) is 29.1 Å². The van der Waals surface area contributed by atoms with E-state index in [2.05, 4.69) is 9.97 Å². The van der Waals surface area contributed by atoms with E-state index in [0.29, 0.717) is 17.0 Å². The minimum atomic E-state index is -4.86. The Balaban J connectivity index is 2.27. The van der Waals surface area contributed by atoms with Crippen LogP contribution in [-0.2, 0) is 6.18 Å². The van der Waals surface area contributed by atoms with E-state index in [1.165, 1.54) is 0 Å². The first-order valence-corrected chi connectivity index (χ1v) is 6.76. The van der Waals surface area contributed by atoms with Crippen molar-refractivity contribution in [2.75, 3.05) is 7.11 Å². The minimum Gasteiger partial charge on any atom is -0.493 e. The van der Waals surface area contributed by atoms with Gasteiger partial charge in [-0.15, -0.1) is 0 Å². The molecule has 0 aliphatic rings. The molecule has 4 nitrogen and oxygen atoms in total. The van der Waals surface area contributed by atoms with Crippen molar-refractivity contribution >= 4 is 10.9 Å². The summed E-state index contributed by atoms with van der Waals surface area (Å²) in [6.07, 6.45) is -4.86. The van der Waals surface area contributed by atoms with Crippen molar-refractivity contribution < 1.29 is 22.3 Å². The Morgan fingerprint density at radius 1 is 1.12 bits per heavy atom. The molecule has 1 aromatic heterocycles. The molecule has 1 heterocycles. The maximum absolute atomic E-state index is 14.2. The molecule has 0 aliphatic carbocycles. The largest absolute Gasteiger partial charge is 0.493 e. The fraction of sp³-hybridized carbons (Fsp3) is 0.125. The molecule has 2 aromatic carbocycles. The lowest BCUT2D eigenvalue weighted by Gasteiger charge is -2.14. The summed E-state index contributed by atoms with van der Waals surface area (Å²) >= 11 is 0. The second-order valence-corrected chi connectivity index (χ2v) is 4.94. The van der Waals surface area contributed by atoms with Gasteiger partial charge in [0.15, 0.2) is 11.6 Å². The zero-order chi connectivity index (χ0) is 17.5. The summed E-state index contributed by atoms with van der Waals surface area (Å²) in [5.41, 5.74) is -1.69. The van der Waals surface area contributed by atoms with Crippen LogP contribution in [0.1, 0.15) is 5.56 Å². The van der Waals surface area contributed by atoms with E-state index in [-0.39, 0.29) is 11.4 Å². The third-order valence-electron chi connectivity index (χ3n) is 3.47. The average Bonchev–Trinajstić information content (AvgIpc) is 2.53. The van der Waals surface area contributed by atoms with Crippen LogP contribution in [0.25, 0.3) is 22.3 Å². The van der Waals surface area contributed by atoms with Crippen molar-refractivity contribution in [2.24, 2.45) is 0 Å². The number of nitrogens with one attached hydrogen (secondary N) is 1. The first-order valence-electron chi connectivity index (χ1n) is 6.76. The molecule has 124 valence electrons. The number of rotatable bonds is 2. The van der Waals surface area contributed by atoms with Crippen LogP contribution >= 0.6 is 0 Å². The van der Waals surface area contributed by atoms with E-state index in [1.807, 2.05) is 0 Å². The number of nitrogens with zero attached hydrogens (tertiary/aromatic N) is 1. The van der Waals surface area contributed by atoms with Crippen LogP contribution in [0.5, 0.6) is 5.75 Å². The first-order chi connectivity index (χ1) is 11.3. The molecule has 3 aromatic rings. The van der Waals surface area contributed by atoms with Gasteiger partial charge in [0.2, 0.25) is 0 Å². The maximum atomic E-state index is 14.2. The molecular formula is C16H10F4N2O2. The minimum absolute atomic E-state index is 0.0779. The number of para-hydroxylation sites is 1. The predicted octanol–water partition coefficient (Wildman–Crippen LogP) is 3.76. The fourth-order valence-corrected chi connectivity index (χ4v) is 2.38. The lowest BCUT2D eigenvalue weighted by molar-refractivity contribution is -0.140. The van der Waals surface area contributed by atoms with Crippen molar-refractivity contribution in [1.82, 2.24) is 9.97 Å². The van der Waals surface area contributed by atoms with E-state index < -0.39 is 28.9 Å². The van der Waals surface area contributed by atoms with Crippen LogP contribution in [-0.4, -0.2) is 17.1 Å². The number of methoxy groups -OCH3 is 1. The SMILES string of the molecule is COc1c(-c2nc3ccccc3c(=O)[nH]2)ccc(C(F)(F)F)c1F. The number of aromatic amines is 1. The molecular weight excluding hydrogens is 328 g/mol. The number of H-pyrrole nitrogens is 1. The summed E-state index contributed by atoms with van der Waals surface area (Å²) in [6.45, 7) is 0. The Morgan fingerprint density at radius 2 is 1.83 bits per heavy atom. The number of halogens is 4. The molecule has 0 bridgehead atoms. The molecule has 8 heteroatoms. The van der Waals surface area contributed by atoms with Crippen molar-refractivity contribution in [2.45, 2.75) is 6.18 Å². The van der Waals surface area contributed by atoms with Gasteiger partial charge >= 0.3 is 6.18 Å². The van der Waals surface area contributed by atoms with Gasteiger partial charge in [0.1, 0.15) is 5.82 Å². The third-order valence-corrected chi connectivity index (χ3v) is 3.47. The molecule has 0 unspecified atom stereocenters. The van der Waals surface area contributed by atoms with Crippen LogP contribution < -0.4 is 10.3 Å². The van der Waals surface area contributed by atoms with Gasteiger partial charge < -0.3 is 9.72 Å². The van der Waals surface area contributed by atoms with Gasteiger partial charge in [-0.1, -0.05) is 12.1 Å². The third kappa shape index (κ3) is 2.60. The Labute approximate surface area is 132 Å². The Morgan fingerprint density at radius 3 is 2.50 bits per heavy atom. The Bertz CT molecular complexity index is 980. The lowest BCUT2D eigenvalue weighted by atomic mass is 10.1. The number of hydrogen-bond acceptors (Lipinski definition) is 3. The van der Waals surface area contributed by atoms with Gasteiger partial charge in [0, 0.05) is 0 Å². The van der Waals surface area contributed by atoms with E-state index in [4.69, 9.17) is 4.74 Å². The number of hydrogen-bond donors (Lipinski definition) is 1. The first kappa shape index (κ1) is 16.0. The van der Waals surface area contributed by atoms with E-state index in [1.54, 1.807) is 24.3 Å². The molecule has 0 saturated heterocycles. The van der Waals surface area contributed by atoms with Crippen molar-refractivity contribution in [1.29, 1.82) is 0 Å². The van der Waals surface area contributed by atoms with Crippen LogP contribution in [0.4, 0.5) is 17.6 Å². The van der Waals surface area contributed by atoms with Crippen LogP contribution in [0.2, 0.25) is 0 Å². The highest BCUT2D eigenvalue weighted by Crippen LogP contribution is 2.39. The van der Waals surface area contributed by atoms with Gasteiger partial charge in [-0.05, 0) is 24.3 Å². The number of ether oxygens (including phenoxy) is 1. The molecule has 3 rings (SSSR count). The van der Waals surface area contributed by atoms with Gasteiger partial charge in [-0.3, -0.25) is 4.79 Å². The zero-order valence-electron chi connectivity index (χ0n) is 12.2. The van der Waals surface area contributed by atoms with Crippen LogP contribution in [0.15, 0.2) is 41.2 Å². The molecule has 0 radical (unpaired) electrons. The van der Waals surface area contributed by atoms with Gasteiger partial charge in [-0.2, -0.15) is 13.2 Å². The van der Waals surface area contributed by atoms with E-state index >= 15 is 0 Å². The quantitative estimate of drug-likeness (QED) is 0.724. The summed E-state index contributed by atoms with van der Waals surface area (Å²) in [4.78, 5) is 18.7. The van der Waals surface area contributed by atoms with E-state index in [9.17, 15) is 22.4 Å². The summed E-state index contributed by atoms with van der Waals surface area (Å²) in [7, 11) is 1.04. The van der Waals surface area contributed by atoms with Crippen LogP contribution in [0, 0.1) is 5.82 Å². The topological polar surface area (TPSA) is 55.0 Å². The highest BCUT2D eigenvalue weighted by atomic mass is 19.4. The summed E-state index contributed by atoms with van der Waals surface area (Å²) in [5.74, 6) is -2.27. The molecule has 0 atom stereocenters. The Kier molecular flexibility index (Phi) is 3.75. The second kappa shape index (κ2) is 5.63. The lowest BCUT2D eigenvalue weighted by Crippen LogP contribution is -2.12. The maximum Gasteiger partial charge on any atom is 0.419 e. The fourth-order valence-electron chi connectivity index (χ4n) is 2.38. The predicted molar refractivity (Wildman–Crippen MR) is 79.3 cm³/mol. The smallest absolute Gasteiger partial charge is 0.419 e. The monoisotopic (exact) mass is 338 g/mol. The van der Waals surface area contributed by atoms with Gasteiger partial charge in [0.25, 0.3) is 5.56 Å². The van der Waals surface area contributed by atoms with Crippen molar-refractivity contribution in [3.63, 3.8) is 0 Å². The second-order valence-electron chi connectivity index (χ2n) is 4.94. The molecule has 0 spiro atoms. The number of fused-ring (bicyclic) bond motifs is 1. The number of benzene rings is 2. The summed E-state index contributed by atoms with van der Waals surface area (Å²) < 4.78 is 57.4. The standard InChI is InChI=1S/C16H10F4N2O2/c1-24-13-9(6-7-10(12(13)17)16(18,19)20)14-21-11-5-3-2-4-8(11)15(23)22-14/h2-7H,1H3,(H,21,22,23). The molecule has 0 fully saturated rings. The number of aromatic nitrogens is 2. The normalized spacial score (nSPS) is 11.7.